The topological polar surface area (TPSA) is 12.5 Å². The number of hydrogen-bond acceptors (Lipinski definition) is 1. The third-order valence-electron chi connectivity index (χ3n) is 3.58. The highest BCUT2D eigenvalue weighted by atomic mass is 16.6. The van der Waals surface area contributed by atoms with Gasteiger partial charge in [-0.25, -0.2) is 0 Å². The van der Waals surface area contributed by atoms with Crippen molar-refractivity contribution in [1.82, 2.24) is 0 Å². The van der Waals surface area contributed by atoms with Crippen LogP contribution in [0.3, 0.4) is 0 Å². The van der Waals surface area contributed by atoms with E-state index in [0.717, 1.165) is 0 Å². The van der Waals surface area contributed by atoms with E-state index >= 15 is 0 Å². The average Bonchev–Trinajstić information content (AvgIpc) is 2.92. The zero-order valence-corrected chi connectivity index (χ0v) is 7.29. The Bertz CT molecular complexity index is 422. The lowest BCUT2D eigenvalue weighted by atomic mass is 9.70. The number of rotatable bonds is 0. The molecule has 1 heterocycles. The SMILES string of the molecule is C1=CC2OC23C2=CC=C(CC2)C3=C1. The summed E-state index contributed by atoms with van der Waals surface area (Å²) in [7, 11) is 0. The number of hydrogen-bond donors (Lipinski definition) is 0. The van der Waals surface area contributed by atoms with Crippen LogP contribution >= 0.6 is 0 Å². The van der Waals surface area contributed by atoms with Crippen molar-refractivity contribution >= 4 is 0 Å². The monoisotopic (exact) mass is 170 g/mol. The van der Waals surface area contributed by atoms with Crippen LogP contribution in [-0.4, -0.2) is 11.7 Å². The third-order valence-corrected chi connectivity index (χ3v) is 3.58. The molecule has 5 aliphatic rings. The molecule has 2 atom stereocenters. The van der Waals surface area contributed by atoms with Crippen molar-refractivity contribution < 1.29 is 4.74 Å². The molecule has 1 aliphatic heterocycles. The van der Waals surface area contributed by atoms with Gasteiger partial charge in [0.1, 0.15) is 11.7 Å². The summed E-state index contributed by atoms with van der Waals surface area (Å²) in [6, 6.07) is 0. The second-order valence-electron chi connectivity index (χ2n) is 4.12. The molecule has 2 bridgehead atoms. The maximum atomic E-state index is 5.84. The van der Waals surface area contributed by atoms with Crippen LogP contribution in [0.4, 0.5) is 0 Å². The molecule has 2 unspecified atom stereocenters. The Kier molecular flexibility index (Phi) is 0.850. The smallest absolute Gasteiger partial charge is 0.145 e. The van der Waals surface area contributed by atoms with E-state index in [1.54, 1.807) is 0 Å². The number of epoxide rings is 1. The summed E-state index contributed by atoms with van der Waals surface area (Å²) in [5.41, 5.74) is 4.44. The molecule has 1 heteroatoms. The first-order valence-electron chi connectivity index (χ1n) is 4.88. The fraction of sp³-hybridized carbons (Fsp3) is 0.333. The Labute approximate surface area is 77.1 Å². The Morgan fingerprint density at radius 2 is 2.23 bits per heavy atom. The first-order chi connectivity index (χ1) is 6.41. The average molecular weight is 170 g/mol. The molecule has 1 saturated carbocycles. The summed E-state index contributed by atoms with van der Waals surface area (Å²) in [6.07, 6.45) is 13.8. The highest BCUT2D eigenvalue weighted by Crippen LogP contribution is 2.59. The van der Waals surface area contributed by atoms with E-state index in [2.05, 4.69) is 30.4 Å². The van der Waals surface area contributed by atoms with E-state index in [-0.39, 0.29) is 5.60 Å². The van der Waals surface area contributed by atoms with E-state index in [0.29, 0.717) is 6.10 Å². The molecule has 13 heavy (non-hydrogen) atoms. The van der Waals surface area contributed by atoms with E-state index in [1.165, 1.54) is 29.6 Å². The van der Waals surface area contributed by atoms with Crippen molar-refractivity contribution in [2.24, 2.45) is 0 Å². The van der Waals surface area contributed by atoms with Gasteiger partial charge in [-0.2, -0.15) is 0 Å². The molecule has 1 nitrogen and oxygen atoms in total. The molecule has 64 valence electrons. The van der Waals surface area contributed by atoms with Crippen molar-refractivity contribution in [3.05, 3.63) is 47.1 Å². The molecule has 0 radical (unpaired) electrons. The van der Waals surface area contributed by atoms with Crippen molar-refractivity contribution in [3.8, 4) is 0 Å². The van der Waals surface area contributed by atoms with Crippen molar-refractivity contribution in [2.45, 2.75) is 24.5 Å². The summed E-state index contributed by atoms with van der Waals surface area (Å²) in [6.45, 7) is 0. The molecular weight excluding hydrogens is 160 g/mol. The normalized spacial score (nSPS) is 43.1. The molecular formula is C12H10O. The Morgan fingerprint density at radius 1 is 1.23 bits per heavy atom. The zero-order valence-electron chi connectivity index (χ0n) is 7.29. The molecule has 0 aromatic rings. The molecule has 0 N–H and O–H groups in total. The first-order valence-corrected chi connectivity index (χ1v) is 4.88. The predicted molar refractivity (Wildman–Crippen MR) is 50.2 cm³/mol. The van der Waals surface area contributed by atoms with Gasteiger partial charge in [-0.05, 0) is 29.6 Å². The maximum Gasteiger partial charge on any atom is 0.145 e. The van der Waals surface area contributed by atoms with E-state index in [9.17, 15) is 0 Å². The highest BCUT2D eigenvalue weighted by Gasteiger charge is 2.63. The maximum absolute atomic E-state index is 5.84. The summed E-state index contributed by atoms with van der Waals surface area (Å²) >= 11 is 0. The highest BCUT2D eigenvalue weighted by molar-refractivity contribution is 5.64. The second kappa shape index (κ2) is 1.73. The van der Waals surface area contributed by atoms with Gasteiger partial charge in [0.15, 0.2) is 0 Å². The van der Waals surface area contributed by atoms with E-state index in [1.807, 2.05) is 0 Å². The lowest BCUT2D eigenvalue weighted by Gasteiger charge is -2.32. The summed E-state index contributed by atoms with van der Waals surface area (Å²) < 4.78 is 5.84. The summed E-state index contributed by atoms with van der Waals surface area (Å²) in [5.74, 6) is 0. The molecule has 4 aliphatic carbocycles. The van der Waals surface area contributed by atoms with Crippen LogP contribution < -0.4 is 0 Å². The van der Waals surface area contributed by atoms with Crippen LogP contribution in [0.15, 0.2) is 47.1 Å². The van der Waals surface area contributed by atoms with Gasteiger partial charge >= 0.3 is 0 Å². The van der Waals surface area contributed by atoms with E-state index < -0.39 is 0 Å². The minimum Gasteiger partial charge on any atom is -0.352 e. The molecule has 0 aromatic carbocycles. The number of allylic oxidation sites excluding steroid dienone is 4. The Balaban J connectivity index is 2.02. The van der Waals surface area contributed by atoms with Gasteiger partial charge in [0.2, 0.25) is 0 Å². The molecule has 1 spiro atoms. The first kappa shape index (κ1) is 6.39. The van der Waals surface area contributed by atoms with Gasteiger partial charge in [-0.1, -0.05) is 30.4 Å². The zero-order chi connectivity index (χ0) is 8.47. The molecule has 1 saturated heterocycles. The van der Waals surface area contributed by atoms with Crippen molar-refractivity contribution in [2.75, 3.05) is 0 Å². The van der Waals surface area contributed by atoms with Gasteiger partial charge in [-0.3, -0.25) is 0 Å². The number of fused-ring (bicyclic) bond motifs is 2. The lowest BCUT2D eigenvalue weighted by molar-refractivity contribution is 0.347. The summed E-state index contributed by atoms with van der Waals surface area (Å²) in [4.78, 5) is 0. The quantitative estimate of drug-likeness (QED) is 0.508. The minimum absolute atomic E-state index is 0.0249. The van der Waals surface area contributed by atoms with Gasteiger partial charge in [0.05, 0.1) is 0 Å². The van der Waals surface area contributed by atoms with Crippen LogP contribution in [0.5, 0.6) is 0 Å². The standard InChI is InChI=1S/C12H10O/c1-2-10-8-4-6-9(7-5-8)12(10)11(3-1)13-12/h1-4,6,11H,5,7H2. The van der Waals surface area contributed by atoms with Crippen molar-refractivity contribution in [1.29, 1.82) is 0 Å². The van der Waals surface area contributed by atoms with E-state index in [4.69, 9.17) is 4.74 Å². The van der Waals surface area contributed by atoms with Crippen LogP contribution in [0.2, 0.25) is 0 Å². The molecule has 2 fully saturated rings. The van der Waals surface area contributed by atoms with Gasteiger partial charge in [0, 0.05) is 0 Å². The van der Waals surface area contributed by atoms with Crippen LogP contribution in [0.25, 0.3) is 0 Å². The van der Waals surface area contributed by atoms with Gasteiger partial charge < -0.3 is 4.74 Å². The fourth-order valence-corrected chi connectivity index (χ4v) is 2.88. The van der Waals surface area contributed by atoms with Crippen molar-refractivity contribution in [3.63, 3.8) is 0 Å². The Hall–Kier alpha value is -1.08. The fourth-order valence-electron chi connectivity index (χ4n) is 2.88. The van der Waals surface area contributed by atoms with Crippen LogP contribution in [0, 0.1) is 0 Å². The van der Waals surface area contributed by atoms with Gasteiger partial charge in [-0.15, -0.1) is 0 Å². The minimum atomic E-state index is 0.0249. The third kappa shape index (κ3) is 0.545. The van der Waals surface area contributed by atoms with Crippen LogP contribution in [-0.2, 0) is 4.74 Å². The summed E-state index contributed by atoms with van der Waals surface area (Å²) in [5, 5.41) is 0. The van der Waals surface area contributed by atoms with Gasteiger partial charge in [0.25, 0.3) is 0 Å². The molecule has 5 rings (SSSR count). The second-order valence-corrected chi connectivity index (χ2v) is 4.12. The largest absolute Gasteiger partial charge is 0.352 e. The number of ether oxygens (including phenoxy) is 1. The lowest BCUT2D eigenvalue weighted by Crippen LogP contribution is -2.30. The molecule has 0 aromatic heterocycles. The predicted octanol–water partition coefficient (Wildman–Crippen LogP) is 2.28. The Morgan fingerprint density at radius 3 is 3.00 bits per heavy atom. The van der Waals surface area contributed by atoms with Crippen LogP contribution in [0.1, 0.15) is 12.8 Å². The molecule has 0 amide bonds.